The number of halogens is 1. The fraction of sp³-hybridized carbons (Fsp3) is 0.0500. The van der Waals surface area contributed by atoms with Gasteiger partial charge in [0.25, 0.3) is 11.8 Å². The molecule has 30 heavy (non-hydrogen) atoms. The van der Waals surface area contributed by atoms with Gasteiger partial charge in [-0.15, -0.1) is 0 Å². The molecule has 0 fully saturated rings. The Labute approximate surface area is 169 Å². The van der Waals surface area contributed by atoms with E-state index in [1.165, 1.54) is 49.8 Å². The van der Waals surface area contributed by atoms with Crippen molar-refractivity contribution in [3.8, 4) is 0 Å². The molecule has 0 aliphatic heterocycles. The third-order valence-corrected chi connectivity index (χ3v) is 3.80. The summed E-state index contributed by atoms with van der Waals surface area (Å²) in [5.74, 6) is -2.54. The standard InChI is InChI=1S/C20H16FN5O4/c1-11(27)25-15-6-7-24-10-13(15)20(28)26-16-9-12(4-5-14(16)21)18(22)30-19(23)17-3-2-8-29-17/h2-10,22-23H,1H3,(H,26,28)(H,24,25,27). The topological polar surface area (TPSA) is 141 Å². The first-order valence-corrected chi connectivity index (χ1v) is 8.57. The Kier molecular flexibility index (Phi) is 5.97. The lowest BCUT2D eigenvalue weighted by atomic mass is 10.1. The fourth-order valence-electron chi connectivity index (χ4n) is 2.45. The second-order valence-electron chi connectivity index (χ2n) is 5.99. The number of benzene rings is 1. The number of nitrogens with one attached hydrogen (secondary N) is 4. The summed E-state index contributed by atoms with van der Waals surface area (Å²) >= 11 is 0. The summed E-state index contributed by atoms with van der Waals surface area (Å²) in [6, 6.07) is 8.02. The van der Waals surface area contributed by atoms with Crippen LogP contribution in [0, 0.1) is 16.6 Å². The number of hydrogen-bond donors (Lipinski definition) is 4. The average Bonchev–Trinajstić information content (AvgIpc) is 3.24. The summed E-state index contributed by atoms with van der Waals surface area (Å²) in [6.45, 7) is 1.29. The first-order chi connectivity index (χ1) is 14.3. The minimum Gasteiger partial charge on any atom is -0.459 e. The van der Waals surface area contributed by atoms with Gasteiger partial charge in [-0.1, -0.05) is 0 Å². The van der Waals surface area contributed by atoms with Crippen LogP contribution in [-0.4, -0.2) is 28.6 Å². The minimum absolute atomic E-state index is 0.0310. The van der Waals surface area contributed by atoms with Gasteiger partial charge in [0.15, 0.2) is 5.76 Å². The van der Waals surface area contributed by atoms with Crippen LogP contribution in [-0.2, 0) is 9.53 Å². The van der Waals surface area contributed by atoms with Crippen LogP contribution in [0.2, 0.25) is 0 Å². The molecule has 0 aliphatic rings. The predicted molar refractivity (Wildman–Crippen MR) is 106 cm³/mol. The van der Waals surface area contributed by atoms with Crippen LogP contribution < -0.4 is 10.6 Å². The lowest BCUT2D eigenvalue weighted by Crippen LogP contribution is -2.18. The number of amides is 2. The van der Waals surface area contributed by atoms with Gasteiger partial charge in [-0.25, -0.2) is 4.39 Å². The molecule has 0 radical (unpaired) electrons. The van der Waals surface area contributed by atoms with Crippen molar-refractivity contribution in [2.45, 2.75) is 6.92 Å². The van der Waals surface area contributed by atoms with E-state index >= 15 is 0 Å². The summed E-state index contributed by atoms with van der Waals surface area (Å²) in [6.07, 6.45) is 3.99. The lowest BCUT2D eigenvalue weighted by Gasteiger charge is -2.12. The summed E-state index contributed by atoms with van der Waals surface area (Å²) in [4.78, 5) is 27.7. The Morgan fingerprint density at radius 1 is 1.10 bits per heavy atom. The average molecular weight is 409 g/mol. The number of carbonyl (C=O) groups excluding carboxylic acids is 2. The van der Waals surface area contributed by atoms with Crippen molar-refractivity contribution >= 4 is 35.0 Å². The van der Waals surface area contributed by atoms with Crippen LogP contribution in [0.3, 0.4) is 0 Å². The number of carbonyl (C=O) groups is 2. The van der Waals surface area contributed by atoms with E-state index in [0.717, 1.165) is 6.07 Å². The van der Waals surface area contributed by atoms with Gasteiger partial charge in [0.05, 0.1) is 23.2 Å². The number of nitrogens with zero attached hydrogens (tertiary/aromatic N) is 1. The second kappa shape index (κ2) is 8.78. The van der Waals surface area contributed by atoms with Crippen molar-refractivity contribution < 1.29 is 23.1 Å². The molecule has 3 rings (SSSR count). The number of anilines is 2. The molecule has 3 aromatic rings. The smallest absolute Gasteiger partial charge is 0.259 e. The Morgan fingerprint density at radius 3 is 2.60 bits per heavy atom. The maximum Gasteiger partial charge on any atom is 0.259 e. The molecule has 4 N–H and O–H groups in total. The lowest BCUT2D eigenvalue weighted by molar-refractivity contribution is -0.114. The molecule has 1 aromatic carbocycles. The molecule has 9 nitrogen and oxygen atoms in total. The Bertz CT molecular complexity index is 1130. The molecule has 2 aromatic heterocycles. The molecule has 152 valence electrons. The maximum atomic E-state index is 14.2. The molecule has 2 amide bonds. The van der Waals surface area contributed by atoms with E-state index in [-0.39, 0.29) is 34.2 Å². The SMILES string of the molecule is CC(=O)Nc1ccncc1C(=O)Nc1cc(C(=N)OC(=N)c2ccco2)ccc1F. The van der Waals surface area contributed by atoms with E-state index in [9.17, 15) is 14.0 Å². The quantitative estimate of drug-likeness (QED) is 0.377. The van der Waals surface area contributed by atoms with Gasteiger partial charge in [-0.2, -0.15) is 0 Å². The molecule has 0 saturated heterocycles. The maximum absolute atomic E-state index is 14.2. The molecule has 0 atom stereocenters. The van der Waals surface area contributed by atoms with Crippen molar-refractivity contribution in [3.63, 3.8) is 0 Å². The van der Waals surface area contributed by atoms with Crippen molar-refractivity contribution in [2.24, 2.45) is 0 Å². The highest BCUT2D eigenvalue weighted by Gasteiger charge is 2.17. The van der Waals surface area contributed by atoms with Crippen molar-refractivity contribution in [2.75, 3.05) is 10.6 Å². The number of furan rings is 1. The van der Waals surface area contributed by atoms with Crippen LogP contribution in [0.5, 0.6) is 0 Å². The van der Waals surface area contributed by atoms with Gasteiger partial charge < -0.3 is 19.8 Å². The molecule has 10 heteroatoms. The van der Waals surface area contributed by atoms with Crippen molar-refractivity contribution in [3.05, 3.63) is 77.8 Å². The predicted octanol–water partition coefficient (Wildman–Crippen LogP) is 3.39. The van der Waals surface area contributed by atoms with Gasteiger partial charge in [-0.3, -0.25) is 25.4 Å². The third-order valence-electron chi connectivity index (χ3n) is 3.80. The fourth-order valence-corrected chi connectivity index (χ4v) is 2.45. The highest BCUT2D eigenvalue weighted by molar-refractivity contribution is 6.10. The third kappa shape index (κ3) is 4.73. The van der Waals surface area contributed by atoms with E-state index in [4.69, 9.17) is 20.0 Å². The second-order valence-corrected chi connectivity index (χ2v) is 5.99. The van der Waals surface area contributed by atoms with Crippen LogP contribution in [0.25, 0.3) is 0 Å². The van der Waals surface area contributed by atoms with Gasteiger partial charge in [0, 0.05) is 24.9 Å². The van der Waals surface area contributed by atoms with Crippen LogP contribution in [0.4, 0.5) is 15.8 Å². The number of ether oxygens (including phenoxy) is 1. The number of aromatic nitrogens is 1. The van der Waals surface area contributed by atoms with Crippen molar-refractivity contribution in [1.82, 2.24) is 4.98 Å². The zero-order chi connectivity index (χ0) is 21.7. The van der Waals surface area contributed by atoms with E-state index in [1.54, 1.807) is 6.07 Å². The van der Waals surface area contributed by atoms with Gasteiger partial charge in [0.2, 0.25) is 11.8 Å². The van der Waals surface area contributed by atoms with E-state index in [1.807, 2.05) is 0 Å². The Balaban J connectivity index is 1.79. The zero-order valence-electron chi connectivity index (χ0n) is 15.7. The highest BCUT2D eigenvalue weighted by atomic mass is 19.1. The molecule has 0 aliphatic carbocycles. The van der Waals surface area contributed by atoms with Crippen LogP contribution in [0.1, 0.15) is 28.6 Å². The Hall–Kier alpha value is -4.34. The molecule has 2 heterocycles. The monoisotopic (exact) mass is 409 g/mol. The molecular formula is C20H16FN5O4. The number of rotatable bonds is 5. The first kappa shape index (κ1) is 20.4. The van der Waals surface area contributed by atoms with Gasteiger partial charge >= 0.3 is 0 Å². The van der Waals surface area contributed by atoms with Crippen molar-refractivity contribution in [1.29, 1.82) is 10.8 Å². The largest absolute Gasteiger partial charge is 0.459 e. The first-order valence-electron chi connectivity index (χ1n) is 8.57. The molecule has 0 bridgehead atoms. The summed E-state index contributed by atoms with van der Waals surface area (Å²) in [5, 5.41) is 20.7. The molecular weight excluding hydrogens is 393 g/mol. The molecule has 0 unspecified atom stereocenters. The zero-order valence-corrected chi connectivity index (χ0v) is 15.7. The number of pyridine rings is 1. The minimum atomic E-state index is -0.744. The van der Waals surface area contributed by atoms with E-state index in [2.05, 4.69) is 15.6 Å². The molecule has 0 saturated carbocycles. The van der Waals surface area contributed by atoms with Crippen LogP contribution >= 0.6 is 0 Å². The normalized spacial score (nSPS) is 10.2. The van der Waals surface area contributed by atoms with Crippen LogP contribution in [0.15, 0.2) is 59.5 Å². The Morgan fingerprint density at radius 2 is 1.90 bits per heavy atom. The summed E-state index contributed by atoms with van der Waals surface area (Å²) in [7, 11) is 0. The number of hydrogen-bond acceptors (Lipinski definition) is 7. The summed E-state index contributed by atoms with van der Waals surface area (Å²) in [5.41, 5.74) is 0.155. The van der Waals surface area contributed by atoms with Gasteiger partial charge in [-0.05, 0) is 36.4 Å². The molecule has 0 spiro atoms. The highest BCUT2D eigenvalue weighted by Crippen LogP contribution is 2.21. The van der Waals surface area contributed by atoms with E-state index < -0.39 is 23.5 Å². The summed E-state index contributed by atoms with van der Waals surface area (Å²) < 4.78 is 24.4. The van der Waals surface area contributed by atoms with Gasteiger partial charge in [0.1, 0.15) is 5.82 Å². The van der Waals surface area contributed by atoms with E-state index in [0.29, 0.717) is 0 Å².